The largest absolute Gasteiger partial charge is 0.507 e. The average molecular weight is 382 g/mol. The maximum absolute atomic E-state index is 12.9. The maximum Gasteiger partial charge on any atom is 0.331 e. The monoisotopic (exact) mass is 382 g/mol. The van der Waals surface area contributed by atoms with Gasteiger partial charge in [-0.25, -0.2) is 4.79 Å². The highest BCUT2D eigenvalue weighted by atomic mass is 16.5. The maximum atomic E-state index is 12.9. The van der Waals surface area contributed by atoms with Crippen LogP contribution in [0.25, 0.3) is 0 Å². The van der Waals surface area contributed by atoms with E-state index in [2.05, 4.69) is 0 Å². The first-order valence-electron chi connectivity index (χ1n) is 8.75. The summed E-state index contributed by atoms with van der Waals surface area (Å²) >= 11 is 0. The smallest absolute Gasteiger partial charge is 0.331 e. The van der Waals surface area contributed by atoms with Crippen LogP contribution in [0.1, 0.15) is 47.9 Å². The van der Waals surface area contributed by atoms with Crippen LogP contribution in [0, 0.1) is 0 Å². The van der Waals surface area contributed by atoms with Crippen LogP contribution in [-0.2, 0) is 9.53 Å². The van der Waals surface area contributed by atoms with Gasteiger partial charge in [-0.2, -0.15) is 0 Å². The van der Waals surface area contributed by atoms with E-state index < -0.39 is 35.1 Å². The summed E-state index contributed by atoms with van der Waals surface area (Å²) in [7, 11) is 0. The van der Waals surface area contributed by atoms with E-state index in [-0.39, 0.29) is 23.1 Å². The molecular formula is C22H22O6. The summed E-state index contributed by atoms with van der Waals surface area (Å²) in [6, 6.07) is 2.28. The van der Waals surface area contributed by atoms with Gasteiger partial charge in [0.25, 0.3) is 0 Å². The lowest BCUT2D eigenvalue weighted by molar-refractivity contribution is -0.141. The van der Waals surface area contributed by atoms with Crippen LogP contribution in [-0.4, -0.2) is 33.9 Å². The van der Waals surface area contributed by atoms with Crippen LogP contribution in [0.5, 0.6) is 11.5 Å². The van der Waals surface area contributed by atoms with Crippen LogP contribution in [0.4, 0.5) is 0 Å². The molecule has 0 spiro atoms. The number of hydrogen-bond acceptors (Lipinski definition) is 6. The number of esters is 1. The van der Waals surface area contributed by atoms with Gasteiger partial charge in [-0.1, -0.05) is 29.9 Å². The lowest BCUT2D eigenvalue weighted by Gasteiger charge is -2.23. The van der Waals surface area contributed by atoms with Gasteiger partial charge in [0.15, 0.2) is 11.6 Å². The van der Waals surface area contributed by atoms with E-state index in [0.717, 1.165) is 23.8 Å². The molecule has 0 saturated carbocycles. The van der Waals surface area contributed by atoms with Crippen molar-refractivity contribution in [3.63, 3.8) is 0 Å². The standard InChI is InChI=1S/C22H22O6/c1-4-5-6-7-19(26)28-18(11-8-13(2)3)14-12-17(25)20-15(23)9-10-16(24)21(20)22(14)27/h4-10,12,18,23-24H,11H2,1-3H3. The molecule has 1 aromatic rings. The lowest BCUT2D eigenvalue weighted by Crippen LogP contribution is -2.28. The second kappa shape index (κ2) is 8.99. The number of carbonyl (C=O) groups excluding carboxylic acids is 3. The first kappa shape index (κ1) is 20.9. The second-order valence-electron chi connectivity index (χ2n) is 6.47. The number of Topliss-reactive ketones (excluding diaryl/α,β-unsaturated/α-hetero) is 1. The van der Waals surface area contributed by atoms with Crippen molar-refractivity contribution >= 4 is 17.5 Å². The molecule has 1 aromatic carbocycles. The van der Waals surface area contributed by atoms with Crippen LogP contribution in [0.3, 0.4) is 0 Å². The number of fused-ring (bicyclic) bond motifs is 1. The summed E-state index contributed by atoms with van der Waals surface area (Å²) in [5.41, 5.74) is 0.351. The van der Waals surface area contributed by atoms with Crippen LogP contribution >= 0.6 is 0 Å². The topological polar surface area (TPSA) is 101 Å². The fraction of sp³-hybridized carbons (Fsp3) is 0.227. The van der Waals surface area contributed by atoms with Crippen molar-refractivity contribution in [1.82, 2.24) is 0 Å². The Morgan fingerprint density at radius 1 is 1.11 bits per heavy atom. The number of hydrogen-bond donors (Lipinski definition) is 2. The van der Waals surface area contributed by atoms with E-state index >= 15 is 0 Å². The molecule has 146 valence electrons. The average Bonchev–Trinajstić information content (AvgIpc) is 2.63. The van der Waals surface area contributed by atoms with Gasteiger partial charge < -0.3 is 14.9 Å². The Kier molecular flexibility index (Phi) is 6.71. The summed E-state index contributed by atoms with van der Waals surface area (Å²) in [6.45, 7) is 5.50. The number of rotatable bonds is 6. The molecule has 1 unspecified atom stereocenters. The number of phenols is 2. The number of allylic oxidation sites excluding steroid dienone is 5. The first-order valence-corrected chi connectivity index (χ1v) is 8.75. The van der Waals surface area contributed by atoms with Gasteiger partial charge in [-0.05, 0) is 39.0 Å². The third-order valence-corrected chi connectivity index (χ3v) is 4.06. The lowest BCUT2D eigenvalue weighted by atomic mass is 9.85. The Morgan fingerprint density at radius 2 is 1.75 bits per heavy atom. The van der Waals surface area contributed by atoms with E-state index in [4.69, 9.17) is 4.74 Å². The minimum atomic E-state index is -1.01. The number of ether oxygens (including phenoxy) is 1. The minimum Gasteiger partial charge on any atom is -0.507 e. The molecule has 0 aliphatic heterocycles. The molecule has 0 heterocycles. The fourth-order valence-corrected chi connectivity index (χ4v) is 2.73. The van der Waals surface area contributed by atoms with Crippen molar-refractivity contribution in [3.05, 3.63) is 70.9 Å². The Balaban J connectivity index is 2.44. The van der Waals surface area contributed by atoms with Crippen LogP contribution < -0.4 is 0 Å². The highest BCUT2D eigenvalue weighted by Crippen LogP contribution is 2.36. The molecule has 0 bridgehead atoms. The molecular weight excluding hydrogens is 360 g/mol. The highest BCUT2D eigenvalue weighted by Gasteiger charge is 2.35. The van der Waals surface area contributed by atoms with Crippen molar-refractivity contribution in [3.8, 4) is 11.5 Å². The molecule has 28 heavy (non-hydrogen) atoms. The quantitative estimate of drug-likeness (QED) is 0.255. The van der Waals surface area contributed by atoms with Crippen molar-refractivity contribution in [2.24, 2.45) is 0 Å². The number of carbonyl (C=O) groups is 3. The minimum absolute atomic E-state index is 0.0521. The Bertz CT molecular complexity index is 927. The van der Waals surface area contributed by atoms with Gasteiger partial charge in [-0.3, -0.25) is 9.59 Å². The van der Waals surface area contributed by atoms with Crippen molar-refractivity contribution in [2.45, 2.75) is 33.3 Å². The van der Waals surface area contributed by atoms with Gasteiger partial charge >= 0.3 is 5.97 Å². The van der Waals surface area contributed by atoms with Gasteiger partial charge in [0.1, 0.15) is 17.6 Å². The molecule has 0 amide bonds. The zero-order valence-electron chi connectivity index (χ0n) is 15.9. The van der Waals surface area contributed by atoms with Crippen molar-refractivity contribution < 1.29 is 29.3 Å². The molecule has 2 rings (SSSR count). The van der Waals surface area contributed by atoms with Crippen LogP contribution in [0.2, 0.25) is 0 Å². The number of aromatic hydroxyl groups is 2. The van der Waals surface area contributed by atoms with E-state index in [0.29, 0.717) is 0 Å². The molecule has 0 saturated heterocycles. The molecule has 6 heteroatoms. The third kappa shape index (κ3) is 4.65. The number of ketones is 2. The summed E-state index contributed by atoms with van der Waals surface area (Å²) in [5.74, 6) is -2.79. The first-order chi connectivity index (χ1) is 13.3. The predicted molar refractivity (Wildman–Crippen MR) is 104 cm³/mol. The SMILES string of the molecule is CC=CC=CC(=O)OC(CC=C(C)C)C1=CC(=O)c2c(O)ccc(O)c2C1=O. The van der Waals surface area contributed by atoms with E-state index in [1.807, 2.05) is 13.8 Å². The molecule has 2 N–H and O–H groups in total. The van der Waals surface area contributed by atoms with E-state index in [9.17, 15) is 24.6 Å². The zero-order valence-corrected chi connectivity index (χ0v) is 15.9. The van der Waals surface area contributed by atoms with E-state index in [1.165, 1.54) is 12.2 Å². The Hall–Kier alpha value is -3.41. The highest BCUT2D eigenvalue weighted by molar-refractivity contribution is 6.27. The molecule has 6 nitrogen and oxygen atoms in total. The molecule has 0 aromatic heterocycles. The summed E-state index contributed by atoms with van der Waals surface area (Å²) < 4.78 is 5.40. The molecule has 0 radical (unpaired) electrons. The number of phenolic OH excluding ortho intramolecular Hbond substituents is 2. The molecule has 1 atom stereocenters. The molecule has 1 aliphatic rings. The summed E-state index contributed by atoms with van der Waals surface area (Å²) in [6.07, 6.45) is 8.11. The van der Waals surface area contributed by atoms with Crippen LogP contribution in [0.15, 0.2) is 59.7 Å². The zero-order chi connectivity index (χ0) is 20.8. The van der Waals surface area contributed by atoms with Crippen molar-refractivity contribution in [1.29, 1.82) is 0 Å². The summed E-state index contributed by atoms with van der Waals surface area (Å²) in [4.78, 5) is 37.5. The molecule has 1 aliphatic carbocycles. The molecule has 0 fully saturated rings. The summed E-state index contributed by atoms with van der Waals surface area (Å²) in [5, 5.41) is 20.0. The Morgan fingerprint density at radius 3 is 2.36 bits per heavy atom. The second-order valence-corrected chi connectivity index (χ2v) is 6.47. The normalized spacial score (nSPS) is 14.8. The van der Waals surface area contributed by atoms with Crippen molar-refractivity contribution in [2.75, 3.05) is 0 Å². The number of benzene rings is 1. The van der Waals surface area contributed by atoms with Gasteiger partial charge in [0, 0.05) is 18.1 Å². The predicted octanol–water partition coefficient (Wildman–Crippen LogP) is 3.80. The van der Waals surface area contributed by atoms with Gasteiger partial charge in [0.05, 0.1) is 11.1 Å². The fourth-order valence-electron chi connectivity index (χ4n) is 2.73. The van der Waals surface area contributed by atoms with Gasteiger partial charge in [0.2, 0.25) is 0 Å². The third-order valence-electron chi connectivity index (χ3n) is 4.06. The Labute approximate surface area is 163 Å². The van der Waals surface area contributed by atoms with Gasteiger partial charge in [-0.15, -0.1) is 0 Å². The van der Waals surface area contributed by atoms with E-state index in [1.54, 1.807) is 25.2 Å².